The highest BCUT2D eigenvalue weighted by Gasteiger charge is 2.28. The van der Waals surface area contributed by atoms with Crippen LogP contribution in [0.15, 0.2) is 24.3 Å². The molecule has 0 radical (unpaired) electrons. The quantitative estimate of drug-likeness (QED) is 0.927. The van der Waals surface area contributed by atoms with Gasteiger partial charge in [-0.25, -0.2) is 0 Å². The molecule has 0 aromatic heterocycles. The summed E-state index contributed by atoms with van der Waals surface area (Å²) in [6.45, 7) is 3.53. The molecule has 0 aliphatic carbocycles. The molecule has 1 saturated heterocycles. The van der Waals surface area contributed by atoms with E-state index in [1.165, 1.54) is 0 Å². The van der Waals surface area contributed by atoms with E-state index in [0.717, 1.165) is 19.5 Å². The number of amides is 1. The fourth-order valence-electron chi connectivity index (χ4n) is 2.24. The Balaban J connectivity index is 0.00000200. The van der Waals surface area contributed by atoms with E-state index in [1.807, 2.05) is 11.8 Å². The topological polar surface area (TPSA) is 55.6 Å². The van der Waals surface area contributed by atoms with E-state index in [1.54, 1.807) is 24.3 Å². The first kappa shape index (κ1) is 17.1. The summed E-state index contributed by atoms with van der Waals surface area (Å²) in [4.78, 5) is 13.8. The van der Waals surface area contributed by atoms with Crippen molar-refractivity contribution >= 4 is 29.9 Å². The van der Waals surface area contributed by atoms with Crippen molar-refractivity contribution < 1.29 is 9.53 Å². The Morgan fingerprint density at radius 1 is 1.60 bits per heavy atom. The molecule has 112 valence electrons. The van der Waals surface area contributed by atoms with Gasteiger partial charge in [0.15, 0.2) is 6.61 Å². The highest BCUT2D eigenvalue weighted by atomic mass is 35.5. The predicted octanol–water partition coefficient (Wildman–Crippen LogP) is 2.34. The number of carbonyl (C=O) groups is 1. The van der Waals surface area contributed by atoms with Gasteiger partial charge in [0, 0.05) is 24.2 Å². The molecule has 1 aliphatic rings. The number of hydrogen-bond acceptors (Lipinski definition) is 3. The maximum absolute atomic E-state index is 12.0. The second-order valence-corrected chi connectivity index (χ2v) is 5.43. The Labute approximate surface area is 130 Å². The Morgan fingerprint density at radius 3 is 2.95 bits per heavy atom. The van der Waals surface area contributed by atoms with Crippen molar-refractivity contribution in [3.8, 4) is 5.75 Å². The lowest BCUT2D eigenvalue weighted by Crippen LogP contribution is -2.35. The summed E-state index contributed by atoms with van der Waals surface area (Å²) in [6.07, 6.45) is 0.973. The van der Waals surface area contributed by atoms with E-state index in [4.69, 9.17) is 22.1 Å². The maximum atomic E-state index is 12.0. The lowest BCUT2D eigenvalue weighted by molar-refractivity contribution is -0.132. The van der Waals surface area contributed by atoms with Crippen molar-refractivity contribution in [2.75, 3.05) is 19.7 Å². The Kier molecular flexibility index (Phi) is 6.59. The highest BCUT2D eigenvalue weighted by Crippen LogP contribution is 2.20. The molecule has 1 aromatic rings. The van der Waals surface area contributed by atoms with Gasteiger partial charge in [-0.3, -0.25) is 4.79 Å². The summed E-state index contributed by atoms with van der Waals surface area (Å²) < 4.78 is 5.45. The van der Waals surface area contributed by atoms with Gasteiger partial charge in [-0.2, -0.15) is 0 Å². The van der Waals surface area contributed by atoms with Gasteiger partial charge >= 0.3 is 0 Å². The normalized spacial score (nSPS) is 19.4. The summed E-state index contributed by atoms with van der Waals surface area (Å²) in [7, 11) is 0. The summed E-state index contributed by atoms with van der Waals surface area (Å²) in [5.41, 5.74) is 5.86. The number of carbonyl (C=O) groups excluding carboxylic acids is 1. The molecule has 2 N–H and O–H groups in total. The molecule has 20 heavy (non-hydrogen) atoms. The summed E-state index contributed by atoms with van der Waals surface area (Å²) >= 11 is 5.85. The first-order valence-electron chi connectivity index (χ1n) is 6.48. The third-order valence-corrected chi connectivity index (χ3v) is 3.71. The van der Waals surface area contributed by atoms with Crippen LogP contribution >= 0.6 is 24.0 Å². The lowest BCUT2D eigenvalue weighted by atomic mass is 10.0. The monoisotopic (exact) mass is 318 g/mol. The second kappa shape index (κ2) is 7.72. The molecule has 1 amide bonds. The van der Waals surface area contributed by atoms with Gasteiger partial charge in [0.25, 0.3) is 5.91 Å². The van der Waals surface area contributed by atoms with Gasteiger partial charge in [-0.05, 0) is 37.5 Å². The van der Waals surface area contributed by atoms with Crippen LogP contribution in [0.5, 0.6) is 5.75 Å². The van der Waals surface area contributed by atoms with Gasteiger partial charge in [0.1, 0.15) is 5.75 Å². The van der Waals surface area contributed by atoms with E-state index in [-0.39, 0.29) is 31.0 Å². The van der Waals surface area contributed by atoms with Crippen molar-refractivity contribution in [2.45, 2.75) is 19.4 Å². The summed E-state index contributed by atoms with van der Waals surface area (Å²) in [5, 5.41) is 0.600. The maximum Gasteiger partial charge on any atom is 0.260 e. The Bertz CT molecular complexity index is 455. The summed E-state index contributed by atoms with van der Waals surface area (Å²) in [5.74, 6) is 1.02. The van der Waals surface area contributed by atoms with Crippen LogP contribution in [0, 0.1) is 5.92 Å². The number of halogens is 2. The molecule has 6 heteroatoms. The lowest BCUT2D eigenvalue weighted by Gasteiger charge is -2.18. The Morgan fingerprint density at radius 2 is 2.35 bits per heavy atom. The molecule has 1 aromatic carbocycles. The van der Waals surface area contributed by atoms with Crippen LogP contribution in [0.4, 0.5) is 0 Å². The zero-order chi connectivity index (χ0) is 13.8. The molecule has 2 unspecified atom stereocenters. The van der Waals surface area contributed by atoms with Crippen LogP contribution in [-0.2, 0) is 4.79 Å². The first-order valence-corrected chi connectivity index (χ1v) is 6.86. The van der Waals surface area contributed by atoms with Crippen molar-refractivity contribution in [1.82, 2.24) is 4.90 Å². The van der Waals surface area contributed by atoms with Gasteiger partial charge in [0.2, 0.25) is 0 Å². The SMILES string of the molecule is CC(N)C1CCN(C(=O)COc2cccc(Cl)c2)C1.Cl. The fourth-order valence-corrected chi connectivity index (χ4v) is 2.42. The van der Waals surface area contributed by atoms with Crippen LogP contribution < -0.4 is 10.5 Å². The zero-order valence-electron chi connectivity index (χ0n) is 11.4. The minimum atomic E-state index is 0. The van der Waals surface area contributed by atoms with E-state index in [9.17, 15) is 4.79 Å². The highest BCUT2D eigenvalue weighted by molar-refractivity contribution is 6.30. The molecule has 4 nitrogen and oxygen atoms in total. The van der Waals surface area contributed by atoms with E-state index >= 15 is 0 Å². The molecule has 0 bridgehead atoms. The average Bonchev–Trinajstić information content (AvgIpc) is 2.86. The van der Waals surface area contributed by atoms with Crippen LogP contribution in [0.3, 0.4) is 0 Å². The van der Waals surface area contributed by atoms with Gasteiger partial charge in [-0.1, -0.05) is 17.7 Å². The summed E-state index contributed by atoms with van der Waals surface area (Å²) in [6, 6.07) is 7.18. The van der Waals surface area contributed by atoms with Crippen LogP contribution in [0.25, 0.3) is 0 Å². The van der Waals surface area contributed by atoms with Crippen LogP contribution in [-0.4, -0.2) is 36.5 Å². The van der Waals surface area contributed by atoms with E-state index in [2.05, 4.69) is 0 Å². The van der Waals surface area contributed by atoms with Gasteiger partial charge < -0.3 is 15.4 Å². The smallest absolute Gasteiger partial charge is 0.260 e. The third kappa shape index (κ3) is 4.54. The second-order valence-electron chi connectivity index (χ2n) is 4.99. The number of nitrogens with two attached hydrogens (primary N) is 1. The number of rotatable bonds is 4. The number of ether oxygens (including phenoxy) is 1. The fraction of sp³-hybridized carbons (Fsp3) is 0.500. The molecule has 0 saturated carbocycles. The molecule has 1 fully saturated rings. The largest absolute Gasteiger partial charge is 0.484 e. The minimum absolute atomic E-state index is 0. The molecule has 1 aliphatic heterocycles. The average molecular weight is 319 g/mol. The molecule has 2 rings (SSSR count). The van der Waals surface area contributed by atoms with Crippen molar-refractivity contribution in [3.05, 3.63) is 29.3 Å². The van der Waals surface area contributed by atoms with Crippen molar-refractivity contribution in [2.24, 2.45) is 11.7 Å². The van der Waals surface area contributed by atoms with Crippen molar-refractivity contribution in [3.63, 3.8) is 0 Å². The van der Waals surface area contributed by atoms with Crippen LogP contribution in [0.2, 0.25) is 5.02 Å². The van der Waals surface area contributed by atoms with E-state index < -0.39 is 0 Å². The van der Waals surface area contributed by atoms with Crippen molar-refractivity contribution in [1.29, 1.82) is 0 Å². The van der Waals surface area contributed by atoms with E-state index in [0.29, 0.717) is 16.7 Å². The predicted molar refractivity (Wildman–Crippen MR) is 82.5 cm³/mol. The zero-order valence-corrected chi connectivity index (χ0v) is 13.0. The molecule has 0 spiro atoms. The molecular weight excluding hydrogens is 299 g/mol. The third-order valence-electron chi connectivity index (χ3n) is 3.48. The van der Waals surface area contributed by atoms with Crippen LogP contribution in [0.1, 0.15) is 13.3 Å². The van der Waals surface area contributed by atoms with Gasteiger partial charge in [-0.15, -0.1) is 12.4 Å². The Hall–Kier alpha value is -0.970. The molecular formula is C14H20Cl2N2O2. The number of nitrogens with zero attached hydrogens (tertiary/aromatic N) is 1. The number of benzene rings is 1. The first-order chi connectivity index (χ1) is 9.06. The number of likely N-dealkylation sites (tertiary alicyclic amines) is 1. The molecule has 2 atom stereocenters. The van der Waals surface area contributed by atoms with Gasteiger partial charge in [0.05, 0.1) is 0 Å². The standard InChI is InChI=1S/C14H19ClN2O2.ClH/c1-10(16)11-5-6-17(8-11)14(18)9-19-13-4-2-3-12(15)7-13;/h2-4,7,10-11H,5-6,8-9,16H2,1H3;1H. The number of hydrogen-bond donors (Lipinski definition) is 1. The molecule has 1 heterocycles. The minimum Gasteiger partial charge on any atom is -0.484 e.